The first-order valence-electron chi connectivity index (χ1n) is 4.70. The van der Waals surface area contributed by atoms with Gasteiger partial charge < -0.3 is 4.74 Å². The van der Waals surface area contributed by atoms with Crippen molar-refractivity contribution >= 4 is 9.84 Å². The van der Waals surface area contributed by atoms with Crippen LogP contribution in [0.1, 0.15) is 6.92 Å². The fraction of sp³-hybridized carbons (Fsp3) is 0.273. The predicted octanol–water partition coefficient (Wildman–Crippen LogP) is 1.76. The van der Waals surface area contributed by atoms with Crippen LogP contribution in [0.15, 0.2) is 47.4 Å². The molecular weight excluding hydrogens is 212 g/mol. The van der Waals surface area contributed by atoms with Crippen LogP contribution in [0.3, 0.4) is 0 Å². The topological polar surface area (TPSA) is 46.7 Å². The van der Waals surface area contributed by atoms with Gasteiger partial charge in [0.2, 0.25) is 14.8 Å². The molecule has 0 saturated carbocycles. The van der Waals surface area contributed by atoms with Crippen LogP contribution in [0.4, 0.5) is 0 Å². The zero-order valence-electron chi connectivity index (χ0n) is 8.38. The van der Waals surface area contributed by atoms with Crippen molar-refractivity contribution < 1.29 is 13.2 Å². The van der Waals surface area contributed by atoms with Crippen LogP contribution in [0.5, 0.6) is 0 Å². The number of sulfone groups is 1. The summed E-state index contributed by atoms with van der Waals surface area (Å²) in [5.41, 5.74) is 0. The van der Waals surface area contributed by atoms with Crippen molar-refractivity contribution in [3.8, 4) is 0 Å². The van der Waals surface area contributed by atoms with Crippen molar-refractivity contribution in [2.24, 2.45) is 0 Å². The van der Waals surface area contributed by atoms with E-state index >= 15 is 0 Å². The number of ether oxygens (including phenoxy) is 1. The molecule has 1 aliphatic heterocycles. The molecule has 0 aliphatic carbocycles. The minimum Gasteiger partial charge on any atom is -0.349 e. The molecule has 1 aliphatic rings. The zero-order chi connectivity index (χ0) is 10.9. The number of benzene rings is 1. The lowest BCUT2D eigenvalue weighted by molar-refractivity contribution is 0.404. The summed E-state index contributed by atoms with van der Waals surface area (Å²) in [4.78, 5) is -0.802. The first-order chi connectivity index (χ1) is 7.12. The third kappa shape index (κ3) is 1.60. The average Bonchev–Trinajstić information content (AvgIpc) is 3.01. The van der Waals surface area contributed by atoms with E-state index in [2.05, 4.69) is 0 Å². The highest BCUT2D eigenvalue weighted by molar-refractivity contribution is 7.93. The lowest BCUT2D eigenvalue weighted by atomic mass is 10.4. The molecule has 0 radical (unpaired) electrons. The molecule has 0 spiro atoms. The van der Waals surface area contributed by atoms with Crippen LogP contribution in [0.2, 0.25) is 0 Å². The van der Waals surface area contributed by atoms with Gasteiger partial charge in [0.15, 0.2) is 0 Å². The lowest BCUT2D eigenvalue weighted by Crippen LogP contribution is -2.22. The molecule has 0 aromatic heterocycles. The summed E-state index contributed by atoms with van der Waals surface area (Å²) in [7, 11) is -3.40. The first kappa shape index (κ1) is 10.4. The van der Waals surface area contributed by atoms with Crippen molar-refractivity contribution in [1.82, 2.24) is 0 Å². The van der Waals surface area contributed by atoms with Gasteiger partial charge in [0.05, 0.1) is 11.5 Å². The molecule has 0 N–H and O–H groups in total. The summed E-state index contributed by atoms with van der Waals surface area (Å²) in [6.07, 6.45) is 3.29. The normalized spacial score (nSPS) is 25.7. The van der Waals surface area contributed by atoms with Gasteiger partial charge in [0.25, 0.3) is 0 Å². The Kier molecular flexibility index (Phi) is 2.40. The molecule has 1 heterocycles. The van der Waals surface area contributed by atoms with Crippen LogP contribution in [0.25, 0.3) is 0 Å². The Bertz CT molecular complexity index is 470. The minimum atomic E-state index is -3.40. The molecule has 80 valence electrons. The Labute approximate surface area is 89.3 Å². The number of hydrogen-bond acceptors (Lipinski definition) is 3. The second-order valence-electron chi connectivity index (χ2n) is 3.42. The minimum absolute atomic E-state index is 0.245. The zero-order valence-corrected chi connectivity index (χ0v) is 9.20. The van der Waals surface area contributed by atoms with Gasteiger partial charge in [-0.15, -0.1) is 0 Å². The van der Waals surface area contributed by atoms with Gasteiger partial charge in [-0.05, 0) is 25.1 Å². The summed E-state index contributed by atoms with van der Waals surface area (Å²) >= 11 is 0. The van der Waals surface area contributed by atoms with Gasteiger partial charge in [0.1, 0.15) is 0 Å². The average molecular weight is 224 g/mol. The Morgan fingerprint density at radius 1 is 1.33 bits per heavy atom. The molecule has 0 amide bonds. The Morgan fingerprint density at radius 2 is 1.93 bits per heavy atom. The molecule has 1 saturated heterocycles. The van der Waals surface area contributed by atoms with Gasteiger partial charge in [-0.1, -0.05) is 24.3 Å². The molecule has 15 heavy (non-hydrogen) atoms. The molecule has 2 rings (SSSR count). The summed E-state index contributed by atoms with van der Waals surface area (Å²) < 4.78 is 29.3. The van der Waals surface area contributed by atoms with Crippen LogP contribution < -0.4 is 0 Å². The standard InChI is InChI=1S/C11H12O3S/c1-2-8-11(9-14-11)15(12,13)10-6-4-3-5-7-10/h2-8H,9H2,1H3/b8-2+. The number of epoxide rings is 1. The van der Waals surface area contributed by atoms with E-state index in [1.54, 1.807) is 49.4 Å². The molecule has 3 nitrogen and oxygen atoms in total. The van der Waals surface area contributed by atoms with E-state index in [4.69, 9.17) is 4.74 Å². The molecule has 1 fully saturated rings. The molecular formula is C11H12O3S. The van der Waals surface area contributed by atoms with Gasteiger partial charge in [-0.25, -0.2) is 8.42 Å². The van der Waals surface area contributed by atoms with Crippen LogP contribution in [-0.4, -0.2) is 20.0 Å². The highest BCUT2D eigenvalue weighted by Gasteiger charge is 2.55. The van der Waals surface area contributed by atoms with E-state index in [9.17, 15) is 8.42 Å². The fourth-order valence-electron chi connectivity index (χ4n) is 1.47. The lowest BCUT2D eigenvalue weighted by Gasteiger charge is -2.08. The maximum absolute atomic E-state index is 12.1. The summed E-state index contributed by atoms with van der Waals surface area (Å²) in [5.74, 6) is 0. The molecule has 0 bridgehead atoms. The third-order valence-corrected chi connectivity index (χ3v) is 4.53. The summed E-state index contributed by atoms with van der Waals surface area (Å²) in [5, 5.41) is 0. The van der Waals surface area contributed by atoms with Crippen molar-refractivity contribution in [1.29, 1.82) is 0 Å². The smallest absolute Gasteiger partial charge is 0.215 e. The Hall–Kier alpha value is -1.13. The van der Waals surface area contributed by atoms with Crippen molar-refractivity contribution in [3.63, 3.8) is 0 Å². The summed E-state index contributed by atoms with van der Waals surface area (Å²) in [6.45, 7) is 2.03. The first-order valence-corrected chi connectivity index (χ1v) is 6.18. The van der Waals surface area contributed by atoms with E-state index in [-0.39, 0.29) is 6.61 Å². The van der Waals surface area contributed by atoms with Crippen LogP contribution >= 0.6 is 0 Å². The number of hydrogen-bond donors (Lipinski definition) is 0. The largest absolute Gasteiger partial charge is 0.349 e. The monoisotopic (exact) mass is 224 g/mol. The quantitative estimate of drug-likeness (QED) is 0.580. The fourth-order valence-corrected chi connectivity index (χ4v) is 3.06. The maximum atomic E-state index is 12.1. The number of allylic oxidation sites excluding steroid dienone is 1. The summed E-state index contributed by atoms with van der Waals surface area (Å²) in [6, 6.07) is 8.37. The highest BCUT2D eigenvalue weighted by atomic mass is 32.2. The maximum Gasteiger partial charge on any atom is 0.215 e. The van der Waals surface area contributed by atoms with Crippen molar-refractivity contribution in [2.75, 3.05) is 6.61 Å². The SMILES string of the molecule is C/C=C/C1(S(=O)(=O)c2ccccc2)CO1. The Balaban J connectivity index is 2.45. The molecule has 1 aromatic carbocycles. The second kappa shape index (κ2) is 3.47. The van der Waals surface area contributed by atoms with E-state index < -0.39 is 14.8 Å². The molecule has 1 aromatic rings. The third-order valence-electron chi connectivity index (χ3n) is 2.36. The van der Waals surface area contributed by atoms with Gasteiger partial charge >= 0.3 is 0 Å². The van der Waals surface area contributed by atoms with E-state index in [0.717, 1.165) is 0 Å². The Morgan fingerprint density at radius 3 is 2.40 bits per heavy atom. The van der Waals surface area contributed by atoms with E-state index in [1.807, 2.05) is 0 Å². The molecule has 1 atom stereocenters. The predicted molar refractivity (Wildman–Crippen MR) is 57.1 cm³/mol. The number of rotatable bonds is 3. The van der Waals surface area contributed by atoms with Gasteiger partial charge in [0, 0.05) is 0 Å². The molecule has 4 heteroatoms. The second-order valence-corrected chi connectivity index (χ2v) is 5.59. The van der Waals surface area contributed by atoms with Gasteiger partial charge in [-0.3, -0.25) is 0 Å². The van der Waals surface area contributed by atoms with Crippen LogP contribution in [0, 0.1) is 0 Å². The van der Waals surface area contributed by atoms with Crippen LogP contribution in [-0.2, 0) is 14.6 Å². The van der Waals surface area contributed by atoms with Crippen molar-refractivity contribution in [3.05, 3.63) is 42.5 Å². The highest BCUT2D eigenvalue weighted by Crippen LogP contribution is 2.39. The van der Waals surface area contributed by atoms with Crippen molar-refractivity contribution in [2.45, 2.75) is 16.8 Å². The van der Waals surface area contributed by atoms with E-state index in [1.165, 1.54) is 0 Å². The van der Waals surface area contributed by atoms with Gasteiger partial charge in [-0.2, -0.15) is 0 Å². The van der Waals surface area contributed by atoms with E-state index in [0.29, 0.717) is 4.90 Å². The molecule has 1 unspecified atom stereocenters.